The molecule has 0 unspecified atom stereocenters. The molecule has 0 atom stereocenters. The van der Waals surface area contributed by atoms with Crippen LogP contribution >= 0.6 is 11.3 Å². The molecule has 0 spiro atoms. The Morgan fingerprint density at radius 1 is 1.43 bits per heavy atom. The van der Waals surface area contributed by atoms with Crippen LogP contribution in [0.2, 0.25) is 0 Å². The molecule has 21 heavy (non-hydrogen) atoms. The quantitative estimate of drug-likeness (QED) is 0.842. The van der Waals surface area contributed by atoms with E-state index in [2.05, 4.69) is 10.3 Å². The molecular formula is C14H20N2O4S. The highest BCUT2D eigenvalue weighted by molar-refractivity contribution is 7.16. The van der Waals surface area contributed by atoms with Crippen LogP contribution in [0.25, 0.3) is 6.08 Å². The van der Waals surface area contributed by atoms with Crippen LogP contribution in [0.5, 0.6) is 0 Å². The van der Waals surface area contributed by atoms with Crippen LogP contribution in [0, 0.1) is 0 Å². The number of ether oxygens (including phenoxy) is 2. The zero-order chi connectivity index (χ0) is 15.9. The van der Waals surface area contributed by atoms with E-state index in [-0.39, 0.29) is 12.4 Å². The van der Waals surface area contributed by atoms with Crippen LogP contribution in [-0.2, 0) is 14.3 Å². The van der Waals surface area contributed by atoms with Gasteiger partial charge in [-0.1, -0.05) is 17.4 Å². The fraction of sp³-hybridized carbons (Fsp3) is 0.500. The second-order valence-electron chi connectivity index (χ2n) is 5.11. The van der Waals surface area contributed by atoms with E-state index in [9.17, 15) is 9.59 Å². The first-order valence-corrected chi connectivity index (χ1v) is 7.40. The summed E-state index contributed by atoms with van der Waals surface area (Å²) in [5.41, 5.74) is -0.552. The Morgan fingerprint density at radius 2 is 2.14 bits per heavy atom. The third-order valence-corrected chi connectivity index (χ3v) is 2.88. The van der Waals surface area contributed by atoms with E-state index in [0.717, 1.165) is 4.88 Å². The minimum atomic E-state index is -0.552. The Kier molecular flexibility index (Phi) is 6.36. The van der Waals surface area contributed by atoms with Crippen molar-refractivity contribution in [1.29, 1.82) is 0 Å². The maximum absolute atomic E-state index is 11.6. The van der Waals surface area contributed by atoms with E-state index in [1.54, 1.807) is 46.0 Å². The molecule has 1 N–H and O–H groups in total. The van der Waals surface area contributed by atoms with Gasteiger partial charge in [0, 0.05) is 11.1 Å². The van der Waals surface area contributed by atoms with E-state index >= 15 is 0 Å². The Morgan fingerprint density at radius 3 is 2.76 bits per heavy atom. The number of aromatic nitrogens is 1. The van der Waals surface area contributed by atoms with Crippen molar-refractivity contribution in [3.8, 4) is 0 Å². The number of esters is 1. The lowest BCUT2D eigenvalue weighted by Crippen LogP contribution is -2.27. The van der Waals surface area contributed by atoms with Gasteiger partial charge in [-0.25, -0.2) is 9.78 Å². The summed E-state index contributed by atoms with van der Waals surface area (Å²) in [6.07, 6.45) is 4.73. The molecule has 7 heteroatoms. The van der Waals surface area contributed by atoms with E-state index in [1.165, 1.54) is 11.3 Å². The second-order valence-corrected chi connectivity index (χ2v) is 6.17. The molecule has 1 aromatic rings. The predicted octanol–water partition coefficient (Wildman–Crippen LogP) is 3.46. The highest BCUT2D eigenvalue weighted by atomic mass is 32.1. The largest absolute Gasteiger partial charge is 0.466 e. The van der Waals surface area contributed by atoms with Gasteiger partial charge in [0.25, 0.3) is 0 Å². The molecule has 0 aliphatic rings. The van der Waals surface area contributed by atoms with Gasteiger partial charge in [-0.05, 0) is 33.8 Å². The van der Waals surface area contributed by atoms with Gasteiger partial charge in [-0.2, -0.15) is 0 Å². The van der Waals surface area contributed by atoms with Crippen molar-refractivity contribution in [2.45, 2.75) is 39.7 Å². The molecule has 1 aromatic heterocycles. The van der Waals surface area contributed by atoms with Gasteiger partial charge in [0.15, 0.2) is 5.13 Å². The van der Waals surface area contributed by atoms with Crippen LogP contribution < -0.4 is 5.32 Å². The standard InChI is InChI=1S/C14H20N2O4S/c1-5-19-11(17)8-6-7-10-9-15-12(21-10)16-13(18)20-14(2,3)4/h6-7,9H,5,8H2,1-4H3,(H,15,16,18). The molecule has 0 fully saturated rings. The number of thiazole rings is 1. The number of rotatable bonds is 5. The van der Waals surface area contributed by atoms with Crippen molar-refractivity contribution in [1.82, 2.24) is 4.98 Å². The number of carbonyl (C=O) groups is 2. The first kappa shape index (κ1) is 17.2. The zero-order valence-electron chi connectivity index (χ0n) is 12.6. The van der Waals surface area contributed by atoms with Crippen molar-refractivity contribution in [3.05, 3.63) is 17.2 Å². The lowest BCUT2D eigenvalue weighted by molar-refractivity contribution is -0.142. The van der Waals surface area contributed by atoms with Gasteiger partial charge in [0.05, 0.1) is 13.0 Å². The molecule has 0 saturated heterocycles. The molecule has 0 aliphatic heterocycles. The fourth-order valence-corrected chi connectivity index (χ4v) is 2.04. The minimum absolute atomic E-state index is 0.209. The SMILES string of the molecule is CCOC(=O)CC=Cc1cnc(NC(=O)OC(C)(C)C)s1. The summed E-state index contributed by atoms with van der Waals surface area (Å²) in [6.45, 7) is 7.50. The molecule has 0 aromatic carbocycles. The van der Waals surface area contributed by atoms with E-state index in [1.807, 2.05) is 0 Å². The molecule has 0 radical (unpaired) electrons. The molecule has 0 saturated carbocycles. The average Bonchev–Trinajstić information content (AvgIpc) is 2.74. The number of amides is 1. The Balaban J connectivity index is 2.48. The number of hydrogen-bond donors (Lipinski definition) is 1. The molecule has 1 heterocycles. The molecule has 6 nitrogen and oxygen atoms in total. The van der Waals surface area contributed by atoms with Crippen LogP contribution in [0.3, 0.4) is 0 Å². The Hall–Kier alpha value is -1.89. The van der Waals surface area contributed by atoms with E-state index in [4.69, 9.17) is 9.47 Å². The van der Waals surface area contributed by atoms with E-state index < -0.39 is 11.7 Å². The maximum Gasteiger partial charge on any atom is 0.413 e. The van der Waals surface area contributed by atoms with Crippen molar-refractivity contribution in [3.63, 3.8) is 0 Å². The van der Waals surface area contributed by atoms with Gasteiger partial charge in [-0.3, -0.25) is 10.1 Å². The molecule has 116 valence electrons. The second kappa shape index (κ2) is 7.78. The molecule has 1 amide bonds. The number of carbonyl (C=O) groups excluding carboxylic acids is 2. The van der Waals surface area contributed by atoms with Gasteiger partial charge < -0.3 is 9.47 Å². The maximum atomic E-state index is 11.6. The number of anilines is 1. The molecule has 1 rings (SSSR count). The Bertz CT molecular complexity index is 517. The van der Waals surface area contributed by atoms with Crippen LogP contribution in [0.1, 0.15) is 39.0 Å². The summed E-state index contributed by atoms with van der Waals surface area (Å²) < 4.78 is 9.94. The molecule has 0 aliphatic carbocycles. The summed E-state index contributed by atoms with van der Waals surface area (Å²) in [5, 5.41) is 3.00. The monoisotopic (exact) mass is 312 g/mol. The van der Waals surface area contributed by atoms with Crippen LogP contribution in [0.15, 0.2) is 12.3 Å². The third-order valence-electron chi connectivity index (χ3n) is 2.00. The summed E-state index contributed by atoms with van der Waals surface area (Å²) in [4.78, 5) is 27.6. The summed E-state index contributed by atoms with van der Waals surface area (Å²) in [6, 6.07) is 0. The predicted molar refractivity (Wildman–Crippen MR) is 82.3 cm³/mol. The topological polar surface area (TPSA) is 77.5 Å². The minimum Gasteiger partial charge on any atom is -0.466 e. The number of nitrogens with zero attached hydrogens (tertiary/aromatic N) is 1. The van der Waals surface area contributed by atoms with E-state index in [0.29, 0.717) is 11.7 Å². The summed E-state index contributed by atoms with van der Waals surface area (Å²) in [7, 11) is 0. The van der Waals surface area contributed by atoms with Crippen molar-refractivity contribution in [2.75, 3.05) is 11.9 Å². The lowest BCUT2D eigenvalue weighted by Gasteiger charge is -2.18. The highest BCUT2D eigenvalue weighted by Crippen LogP contribution is 2.20. The van der Waals surface area contributed by atoms with Gasteiger partial charge >= 0.3 is 12.1 Å². The zero-order valence-corrected chi connectivity index (χ0v) is 13.5. The Labute approximate surface area is 128 Å². The van der Waals surface area contributed by atoms with Gasteiger partial charge in [-0.15, -0.1) is 0 Å². The first-order valence-electron chi connectivity index (χ1n) is 6.58. The van der Waals surface area contributed by atoms with Crippen LogP contribution in [-0.4, -0.2) is 29.3 Å². The smallest absolute Gasteiger partial charge is 0.413 e. The molecule has 0 bridgehead atoms. The summed E-state index contributed by atoms with van der Waals surface area (Å²) in [5.74, 6) is -0.273. The lowest BCUT2D eigenvalue weighted by atomic mass is 10.2. The first-order chi connectivity index (χ1) is 9.80. The fourth-order valence-electron chi connectivity index (χ4n) is 1.30. The normalized spacial score (nSPS) is 11.4. The van der Waals surface area contributed by atoms with Gasteiger partial charge in [0.1, 0.15) is 5.60 Å². The average molecular weight is 312 g/mol. The molecular weight excluding hydrogens is 292 g/mol. The van der Waals surface area contributed by atoms with Crippen LogP contribution in [0.4, 0.5) is 9.93 Å². The van der Waals surface area contributed by atoms with Crippen molar-refractivity contribution < 1.29 is 19.1 Å². The number of nitrogens with one attached hydrogen (secondary N) is 1. The summed E-state index contributed by atoms with van der Waals surface area (Å²) >= 11 is 1.29. The number of hydrogen-bond acceptors (Lipinski definition) is 6. The highest BCUT2D eigenvalue weighted by Gasteiger charge is 2.17. The van der Waals surface area contributed by atoms with Crippen molar-refractivity contribution in [2.24, 2.45) is 0 Å². The van der Waals surface area contributed by atoms with Crippen molar-refractivity contribution >= 4 is 34.6 Å². The van der Waals surface area contributed by atoms with Gasteiger partial charge in [0.2, 0.25) is 0 Å². The third kappa shape index (κ3) is 7.45.